The average molecular weight is 314 g/mol. The van der Waals surface area contributed by atoms with Gasteiger partial charge in [0.15, 0.2) is 0 Å². The zero-order valence-electron chi connectivity index (χ0n) is 11.3. The average Bonchev–Trinajstić information content (AvgIpc) is 2.86. The van der Waals surface area contributed by atoms with Crippen molar-refractivity contribution in [3.63, 3.8) is 0 Å². The second-order valence-electron chi connectivity index (χ2n) is 4.41. The minimum absolute atomic E-state index is 0.418. The molecular weight excluding hydrogens is 297 g/mol. The van der Waals surface area contributed by atoms with Crippen LogP contribution in [0.25, 0.3) is 0 Å². The van der Waals surface area contributed by atoms with Crippen LogP contribution < -0.4 is 10.1 Å². The minimum atomic E-state index is 0.418. The SMILES string of the molecule is CCCNCc1occc1COc1ccc(Cl)cc1Cl. The molecule has 1 aromatic carbocycles. The molecule has 0 radical (unpaired) electrons. The Morgan fingerprint density at radius 2 is 2.10 bits per heavy atom. The molecule has 108 valence electrons. The van der Waals surface area contributed by atoms with E-state index in [0.29, 0.717) is 28.9 Å². The summed E-state index contributed by atoms with van der Waals surface area (Å²) in [6, 6.07) is 7.09. The molecule has 0 aliphatic heterocycles. The van der Waals surface area contributed by atoms with Crippen LogP contribution in [-0.4, -0.2) is 6.54 Å². The van der Waals surface area contributed by atoms with Gasteiger partial charge in [-0.05, 0) is 37.2 Å². The summed E-state index contributed by atoms with van der Waals surface area (Å²) in [7, 11) is 0. The van der Waals surface area contributed by atoms with E-state index in [-0.39, 0.29) is 0 Å². The van der Waals surface area contributed by atoms with Gasteiger partial charge in [-0.25, -0.2) is 0 Å². The number of rotatable bonds is 7. The zero-order valence-corrected chi connectivity index (χ0v) is 12.8. The summed E-state index contributed by atoms with van der Waals surface area (Å²) in [5.74, 6) is 1.51. The highest BCUT2D eigenvalue weighted by atomic mass is 35.5. The molecule has 0 saturated heterocycles. The third-order valence-corrected chi connectivity index (χ3v) is 3.36. The Bertz CT molecular complexity index is 555. The van der Waals surface area contributed by atoms with E-state index in [4.69, 9.17) is 32.4 Å². The van der Waals surface area contributed by atoms with E-state index >= 15 is 0 Å². The molecule has 20 heavy (non-hydrogen) atoms. The molecule has 0 atom stereocenters. The predicted octanol–water partition coefficient (Wildman–Crippen LogP) is 4.67. The Morgan fingerprint density at radius 1 is 1.25 bits per heavy atom. The van der Waals surface area contributed by atoms with Crippen LogP contribution in [0.4, 0.5) is 0 Å². The van der Waals surface area contributed by atoms with Crippen molar-refractivity contribution in [3.05, 3.63) is 51.9 Å². The van der Waals surface area contributed by atoms with Crippen molar-refractivity contribution in [3.8, 4) is 5.75 Å². The molecule has 0 amide bonds. The van der Waals surface area contributed by atoms with Crippen LogP contribution in [0, 0.1) is 0 Å². The van der Waals surface area contributed by atoms with Gasteiger partial charge in [0.2, 0.25) is 0 Å². The monoisotopic (exact) mass is 313 g/mol. The number of hydrogen-bond acceptors (Lipinski definition) is 3. The number of hydrogen-bond donors (Lipinski definition) is 1. The summed E-state index contributed by atoms with van der Waals surface area (Å²) in [6.07, 6.45) is 2.76. The van der Waals surface area contributed by atoms with Gasteiger partial charge in [0.05, 0.1) is 17.8 Å². The lowest BCUT2D eigenvalue weighted by molar-refractivity contribution is 0.301. The molecule has 2 rings (SSSR count). The Labute approximate surface area is 128 Å². The van der Waals surface area contributed by atoms with Crippen LogP contribution in [-0.2, 0) is 13.2 Å². The van der Waals surface area contributed by atoms with E-state index in [0.717, 1.165) is 24.3 Å². The summed E-state index contributed by atoms with van der Waals surface area (Å²) in [4.78, 5) is 0. The zero-order chi connectivity index (χ0) is 14.4. The second-order valence-corrected chi connectivity index (χ2v) is 5.25. The van der Waals surface area contributed by atoms with E-state index in [2.05, 4.69) is 12.2 Å². The molecule has 1 N–H and O–H groups in total. The fraction of sp³-hybridized carbons (Fsp3) is 0.333. The van der Waals surface area contributed by atoms with Crippen molar-refractivity contribution in [1.82, 2.24) is 5.32 Å². The van der Waals surface area contributed by atoms with Gasteiger partial charge in [-0.2, -0.15) is 0 Å². The van der Waals surface area contributed by atoms with Gasteiger partial charge in [-0.1, -0.05) is 30.1 Å². The van der Waals surface area contributed by atoms with Gasteiger partial charge in [0, 0.05) is 10.6 Å². The highest BCUT2D eigenvalue weighted by molar-refractivity contribution is 6.35. The van der Waals surface area contributed by atoms with Gasteiger partial charge >= 0.3 is 0 Å². The summed E-state index contributed by atoms with van der Waals surface area (Å²) in [5.41, 5.74) is 1.01. The van der Waals surface area contributed by atoms with Gasteiger partial charge < -0.3 is 14.5 Å². The van der Waals surface area contributed by atoms with Crippen LogP contribution in [0.2, 0.25) is 10.0 Å². The van der Waals surface area contributed by atoms with Gasteiger partial charge in [0.25, 0.3) is 0 Å². The van der Waals surface area contributed by atoms with Gasteiger partial charge in [-0.15, -0.1) is 0 Å². The number of halogens is 2. The minimum Gasteiger partial charge on any atom is -0.487 e. The van der Waals surface area contributed by atoms with E-state index < -0.39 is 0 Å². The van der Waals surface area contributed by atoms with Crippen LogP contribution in [0.15, 0.2) is 34.9 Å². The fourth-order valence-corrected chi connectivity index (χ4v) is 2.24. The highest BCUT2D eigenvalue weighted by Gasteiger charge is 2.08. The summed E-state index contributed by atoms with van der Waals surface area (Å²) in [6.45, 7) is 4.21. The smallest absolute Gasteiger partial charge is 0.138 e. The van der Waals surface area contributed by atoms with Crippen LogP contribution in [0.3, 0.4) is 0 Å². The predicted molar refractivity (Wildman–Crippen MR) is 81.5 cm³/mol. The van der Waals surface area contributed by atoms with Gasteiger partial charge in [0.1, 0.15) is 18.1 Å². The lowest BCUT2D eigenvalue weighted by Crippen LogP contribution is -2.14. The topological polar surface area (TPSA) is 34.4 Å². The molecule has 1 heterocycles. The molecule has 3 nitrogen and oxygen atoms in total. The molecular formula is C15H17Cl2NO2. The maximum absolute atomic E-state index is 6.07. The normalized spacial score (nSPS) is 10.8. The molecule has 0 saturated carbocycles. The third-order valence-electron chi connectivity index (χ3n) is 2.83. The first kappa shape index (κ1) is 15.2. The number of nitrogens with one attached hydrogen (secondary N) is 1. The Balaban J connectivity index is 1.95. The molecule has 0 spiro atoms. The largest absolute Gasteiger partial charge is 0.487 e. The molecule has 0 bridgehead atoms. The van der Waals surface area contributed by atoms with Crippen molar-refractivity contribution < 1.29 is 9.15 Å². The van der Waals surface area contributed by atoms with E-state index in [1.807, 2.05) is 6.07 Å². The third kappa shape index (κ3) is 4.17. The molecule has 0 fully saturated rings. The molecule has 2 aromatic rings. The molecule has 0 aliphatic rings. The summed E-state index contributed by atoms with van der Waals surface area (Å²) in [5, 5.41) is 4.40. The van der Waals surface area contributed by atoms with Crippen molar-refractivity contribution >= 4 is 23.2 Å². The lowest BCUT2D eigenvalue weighted by atomic mass is 10.2. The first-order valence-corrected chi connectivity index (χ1v) is 7.30. The highest BCUT2D eigenvalue weighted by Crippen LogP contribution is 2.28. The lowest BCUT2D eigenvalue weighted by Gasteiger charge is -2.08. The number of furan rings is 1. The van der Waals surface area contributed by atoms with Crippen LogP contribution >= 0.6 is 23.2 Å². The molecule has 1 aromatic heterocycles. The van der Waals surface area contributed by atoms with Crippen molar-refractivity contribution in [2.75, 3.05) is 6.54 Å². The van der Waals surface area contributed by atoms with Gasteiger partial charge in [-0.3, -0.25) is 0 Å². The number of ether oxygens (including phenoxy) is 1. The standard InChI is InChI=1S/C15H17Cl2NO2/c1-2-6-18-9-15-11(5-7-19-15)10-20-14-4-3-12(16)8-13(14)17/h3-5,7-8,18H,2,6,9-10H2,1H3. The maximum atomic E-state index is 6.07. The quantitative estimate of drug-likeness (QED) is 0.755. The first-order valence-electron chi connectivity index (χ1n) is 6.54. The summed E-state index contributed by atoms with van der Waals surface area (Å²) < 4.78 is 11.2. The molecule has 5 heteroatoms. The second kappa shape index (κ2) is 7.58. The first-order chi connectivity index (χ1) is 9.70. The Kier molecular flexibility index (Phi) is 5.77. The van der Waals surface area contributed by atoms with Crippen molar-refractivity contribution in [2.24, 2.45) is 0 Å². The molecule has 0 unspecified atom stereocenters. The van der Waals surface area contributed by atoms with Crippen molar-refractivity contribution in [1.29, 1.82) is 0 Å². The van der Waals surface area contributed by atoms with Crippen molar-refractivity contribution in [2.45, 2.75) is 26.5 Å². The van der Waals surface area contributed by atoms with Crippen LogP contribution in [0.1, 0.15) is 24.7 Å². The van der Waals surface area contributed by atoms with Crippen LogP contribution in [0.5, 0.6) is 5.75 Å². The Hall–Kier alpha value is -1.16. The fourth-order valence-electron chi connectivity index (χ4n) is 1.78. The van der Waals surface area contributed by atoms with E-state index in [1.54, 1.807) is 24.5 Å². The number of benzene rings is 1. The molecule has 0 aliphatic carbocycles. The van der Waals surface area contributed by atoms with E-state index in [1.165, 1.54) is 0 Å². The summed E-state index contributed by atoms with van der Waals surface area (Å²) >= 11 is 11.9. The maximum Gasteiger partial charge on any atom is 0.138 e. The van der Waals surface area contributed by atoms with E-state index in [9.17, 15) is 0 Å². The Morgan fingerprint density at radius 3 is 2.85 bits per heavy atom.